The minimum atomic E-state index is -0.184. The highest BCUT2D eigenvalue weighted by molar-refractivity contribution is 5.76. The largest absolute Gasteiger partial charge is 0.492 e. The fourth-order valence-electron chi connectivity index (χ4n) is 2.84. The van der Waals surface area contributed by atoms with Crippen LogP contribution in [0.5, 0.6) is 5.75 Å². The number of carbonyl (C=O) groups excluding carboxylic acids is 1. The first-order valence-corrected chi connectivity index (χ1v) is 8.00. The number of nitrogens with two attached hydrogens (primary N) is 1. The smallest absolute Gasteiger partial charge is 0.222 e. The third-order valence-electron chi connectivity index (χ3n) is 4.21. The van der Waals surface area contributed by atoms with Crippen molar-refractivity contribution in [3.05, 3.63) is 65.2 Å². The summed E-state index contributed by atoms with van der Waals surface area (Å²) >= 11 is 0. The lowest BCUT2D eigenvalue weighted by Gasteiger charge is -2.15. The highest BCUT2D eigenvalue weighted by atomic mass is 16.5. The maximum Gasteiger partial charge on any atom is 0.222 e. The van der Waals surface area contributed by atoms with Gasteiger partial charge in [-0.3, -0.25) is 4.79 Å². The van der Waals surface area contributed by atoms with Crippen molar-refractivity contribution < 1.29 is 9.53 Å². The Morgan fingerprint density at radius 2 is 1.91 bits per heavy atom. The quantitative estimate of drug-likeness (QED) is 0.923. The number of fused-ring (bicyclic) bond motifs is 1. The molecule has 0 saturated heterocycles. The van der Waals surface area contributed by atoms with Crippen LogP contribution in [-0.4, -0.2) is 17.4 Å². The monoisotopic (exact) mass is 310 g/mol. The van der Waals surface area contributed by atoms with Gasteiger partial charge >= 0.3 is 0 Å². The van der Waals surface area contributed by atoms with Crippen molar-refractivity contribution >= 4 is 5.91 Å². The molecule has 4 heteroatoms. The molecule has 1 heterocycles. The number of nitrogens with zero attached hydrogens (tertiary/aromatic N) is 1. The van der Waals surface area contributed by atoms with Crippen LogP contribution in [0.4, 0.5) is 0 Å². The highest BCUT2D eigenvalue weighted by Crippen LogP contribution is 2.26. The van der Waals surface area contributed by atoms with Crippen LogP contribution in [0.15, 0.2) is 48.5 Å². The molecule has 3 rings (SSSR count). The van der Waals surface area contributed by atoms with Crippen molar-refractivity contribution in [2.45, 2.75) is 32.5 Å². The second-order valence-electron chi connectivity index (χ2n) is 5.86. The number of amides is 1. The van der Waals surface area contributed by atoms with Crippen molar-refractivity contribution in [2.75, 3.05) is 6.61 Å². The molecule has 0 saturated carbocycles. The van der Waals surface area contributed by atoms with Gasteiger partial charge in [-0.05, 0) is 28.8 Å². The van der Waals surface area contributed by atoms with Crippen molar-refractivity contribution in [1.29, 1.82) is 0 Å². The van der Waals surface area contributed by atoms with Crippen molar-refractivity contribution in [3.8, 4) is 5.75 Å². The second-order valence-corrected chi connectivity index (χ2v) is 5.86. The van der Waals surface area contributed by atoms with E-state index in [-0.39, 0.29) is 11.9 Å². The normalized spacial score (nSPS) is 14.4. The Labute approximate surface area is 136 Å². The Morgan fingerprint density at radius 3 is 2.65 bits per heavy atom. The van der Waals surface area contributed by atoms with E-state index in [1.807, 2.05) is 48.2 Å². The van der Waals surface area contributed by atoms with E-state index in [4.69, 9.17) is 10.5 Å². The number of benzene rings is 2. The molecule has 1 aliphatic rings. The van der Waals surface area contributed by atoms with Crippen LogP contribution >= 0.6 is 0 Å². The summed E-state index contributed by atoms with van der Waals surface area (Å²) in [5, 5.41) is 0. The summed E-state index contributed by atoms with van der Waals surface area (Å²) in [6.45, 7) is 3.72. The number of rotatable bonds is 5. The first kappa shape index (κ1) is 15.6. The molecule has 0 radical (unpaired) electrons. The second kappa shape index (κ2) is 6.84. The molecule has 0 bridgehead atoms. The van der Waals surface area contributed by atoms with Gasteiger partial charge in [0.2, 0.25) is 5.91 Å². The molecular weight excluding hydrogens is 288 g/mol. The zero-order valence-corrected chi connectivity index (χ0v) is 13.4. The SMILES string of the molecule is CCC(=O)N1Cc2ccc(C(N)COc3ccccc3)cc2C1. The molecule has 2 aromatic rings. The Bertz CT molecular complexity index is 685. The van der Waals surface area contributed by atoms with Crippen LogP contribution in [0.25, 0.3) is 0 Å². The van der Waals surface area contributed by atoms with E-state index in [9.17, 15) is 4.79 Å². The average molecular weight is 310 g/mol. The topological polar surface area (TPSA) is 55.6 Å². The molecule has 1 amide bonds. The molecule has 0 spiro atoms. The van der Waals surface area contributed by atoms with Crippen LogP contribution in [0.2, 0.25) is 0 Å². The minimum Gasteiger partial charge on any atom is -0.492 e. The summed E-state index contributed by atoms with van der Waals surface area (Å²) in [5.74, 6) is 1.02. The Morgan fingerprint density at radius 1 is 1.17 bits per heavy atom. The lowest BCUT2D eigenvalue weighted by Crippen LogP contribution is -2.24. The van der Waals surface area contributed by atoms with Crippen LogP contribution in [0.1, 0.15) is 36.1 Å². The molecule has 2 aromatic carbocycles. The number of hydrogen-bond donors (Lipinski definition) is 1. The maximum absolute atomic E-state index is 11.8. The first-order chi connectivity index (χ1) is 11.2. The van der Waals surface area contributed by atoms with Gasteiger partial charge in [0.15, 0.2) is 0 Å². The van der Waals surface area contributed by atoms with E-state index in [1.54, 1.807) is 0 Å². The van der Waals surface area contributed by atoms with Gasteiger partial charge in [-0.25, -0.2) is 0 Å². The Hall–Kier alpha value is -2.33. The third kappa shape index (κ3) is 3.54. The van der Waals surface area contributed by atoms with Crippen LogP contribution in [0, 0.1) is 0 Å². The first-order valence-electron chi connectivity index (χ1n) is 8.00. The Kier molecular flexibility index (Phi) is 4.63. The summed E-state index contributed by atoms with van der Waals surface area (Å²) in [7, 11) is 0. The van der Waals surface area contributed by atoms with Crippen LogP contribution in [-0.2, 0) is 17.9 Å². The fourth-order valence-corrected chi connectivity index (χ4v) is 2.84. The lowest BCUT2D eigenvalue weighted by molar-refractivity contribution is -0.131. The van der Waals surface area contributed by atoms with Gasteiger partial charge in [0.25, 0.3) is 0 Å². The fraction of sp³-hybridized carbons (Fsp3) is 0.316. The number of carbonyl (C=O) groups is 1. The zero-order chi connectivity index (χ0) is 16.2. The van der Waals surface area contributed by atoms with Crippen LogP contribution < -0.4 is 10.5 Å². The van der Waals surface area contributed by atoms with E-state index in [1.165, 1.54) is 11.1 Å². The predicted octanol–water partition coefficient (Wildman–Crippen LogP) is 3.02. The van der Waals surface area contributed by atoms with E-state index in [2.05, 4.69) is 12.1 Å². The molecule has 1 aliphatic heterocycles. The molecule has 1 unspecified atom stereocenters. The molecule has 4 nitrogen and oxygen atoms in total. The molecule has 1 atom stereocenters. The zero-order valence-electron chi connectivity index (χ0n) is 13.4. The molecule has 0 aromatic heterocycles. The molecule has 23 heavy (non-hydrogen) atoms. The Balaban J connectivity index is 1.65. The van der Waals surface area contributed by atoms with E-state index >= 15 is 0 Å². The highest BCUT2D eigenvalue weighted by Gasteiger charge is 2.23. The van der Waals surface area contributed by atoms with Crippen LogP contribution in [0.3, 0.4) is 0 Å². The van der Waals surface area contributed by atoms with Crippen molar-refractivity contribution in [3.63, 3.8) is 0 Å². The number of para-hydroxylation sites is 1. The minimum absolute atomic E-state index is 0.184. The number of hydrogen-bond acceptors (Lipinski definition) is 3. The summed E-state index contributed by atoms with van der Waals surface area (Å²) in [5.41, 5.74) is 9.71. The van der Waals surface area contributed by atoms with Gasteiger partial charge < -0.3 is 15.4 Å². The summed E-state index contributed by atoms with van der Waals surface area (Å²) < 4.78 is 5.73. The average Bonchev–Trinajstić information content (AvgIpc) is 3.03. The van der Waals surface area contributed by atoms with Gasteiger partial charge in [0.1, 0.15) is 12.4 Å². The van der Waals surface area contributed by atoms with Gasteiger partial charge in [0, 0.05) is 19.5 Å². The molecule has 2 N–H and O–H groups in total. The van der Waals surface area contributed by atoms with Crippen molar-refractivity contribution in [1.82, 2.24) is 4.90 Å². The predicted molar refractivity (Wildman–Crippen MR) is 89.9 cm³/mol. The van der Waals surface area contributed by atoms with Gasteiger partial charge in [-0.2, -0.15) is 0 Å². The lowest BCUT2D eigenvalue weighted by atomic mass is 10.0. The molecule has 120 valence electrons. The van der Waals surface area contributed by atoms with E-state index in [0.29, 0.717) is 26.1 Å². The van der Waals surface area contributed by atoms with E-state index in [0.717, 1.165) is 11.3 Å². The van der Waals surface area contributed by atoms with Gasteiger partial charge in [0.05, 0.1) is 6.04 Å². The molecule has 0 fully saturated rings. The van der Waals surface area contributed by atoms with E-state index < -0.39 is 0 Å². The third-order valence-corrected chi connectivity index (χ3v) is 4.21. The van der Waals surface area contributed by atoms with Crippen molar-refractivity contribution in [2.24, 2.45) is 5.73 Å². The molecular formula is C19H22N2O2. The summed E-state index contributed by atoms with van der Waals surface area (Å²) in [6, 6.07) is 15.7. The number of ether oxygens (including phenoxy) is 1. The molecule has 0 aliphatic carbocycles. The van der Waals surface area contributed by atoms with Gasteiger partial charge in [-0.15, -0.1) is 0 Å². The standard InChI is InChI=1S/C19H22N2O2/c1-2-19(22)21-11-15-9-8-14(10-16(15)12-21)18(20)13-23-17-6-4-3-5-7-17/h3-10,18H,2,11-13,20H2,1H3. The summed E-state index contributed by atoms with van der Waals surface area (Å²) in [6.07, 6.45) is 0.547. The maximum atomic E-state index is 11.8. The van der Waals surface area contributed by atoms with Gasteiger partial charge in [-0.1, -0.05) is 43.3 Å². The summed E-state index contributed by atoms with van der Waals surface area (Å²) in [4.78, 5) is 13.7.